The van der Waals surface area contributed by atoms with Gasteiger partial charge in [-0.25, -0.2) is 8.42 Å². The third-order valence-electron chi connectivity index (χ3n) is 2.74. The van der Waals surface area contributed by atoms with Gasteiger partial charge in [-0.3, -0.25) is 0 Å². The van der Waals surface area contributed by atoms with Crippen molar-refractivity contribution in [3.63, 3.8) is 0 Å². The molecule has 0 spiro atoms. The Morgan fingerprint density at radius 2 is 1.65 bits per heavy atom. The minimum atomic E-state index is -3.09. The van der Waals surface area contributed by atoms with Crippen molar-refractivity contribution in [3.05, 3.63) is 49.6 Å². The summed E-state index contributed by atoms with van der Waals surface area (Å²) in [5.41, 5.74) is 2.48. The number of halogens is 1. The van der Waals surface area contributed by atoms with Crippen LogP contribution in [0.4, 0.5) is 0 Å². The molecule has 1 aliphatic heterocycles. The van der Waals surface area contributed by atoms with Gasteiger partial charge in [0.2, 0.25) is 7.14 Å². The summed E-state index contributed by atoms with van der Waals surface area (Å²) in [6.45, 7) is 0. The van der Waals surface area contributed by atoms with Gasteiger partial charge in [0.05, 0.1) is 4.90 Å². The Kier molecular flexibility index (Phi) is 2.52. The maximum Gasteiger partial charge on any atom is 0.359 e. The molecule has 4 heteroatoms. The summed E-state index contributed by atoms with van der Waals surface area (Å²) in [4.78, 5) is 0.434. The molecule has 0 N–H and O–H groups in total. The van der Waals surface area contributed by atoms with E-state index in [1.54, 1.807) is 6.07 Å². The molecule has 1 heterocycles. The SMILES string of the molecule is CS(=O)(=O)c1ccc2c(c1)[I+]c1ccccc1-2. The lowest BCUT2D eigenvalue weighted by molar-refractivity contribution is -0.590. The summed E-state index contributed by atoms with van der Waals surface area (Å²) in [6.07, 6.45) is 1.26. The first-order chi connectivity index (χ1) is 8.05. The Morgan fingerprint density at radius 1 is 0.941 bits per heavy atom. The zero-order valence-corrected chi connectivity index (χ0v) is 12.1. The smallest absolute Gasteiger partial charge is 0.224 e. The van der Waals surface area contributed by atoms with Crippen LogP contribution in [0.5, 0.6) is 0 Å². The summed E-state index contributed by atoms with van der Waals surface area (Å²) in [5, 5.41) is 0. The van der Waals surface area contributed by atoms with Crippen LogP contribution in [0.15, 0.2) is 47.4 Å². The van der Waals surface area contributed by atoms with Gasteiger partial charge in [0.1, 0.15) is 0 Å². The second kappa shape index (κ2) is 3.81. The van der Waals surface area contributed by atoms with Crippen molar-refractivity contribution in [2.24, 2.45) is 0 Å². The molecule has 0 saturated carbocycles. The number of rotatable bonds is 1. The molecule has 0 atom stereocenters. The van der Waals surface area contributed by atoms with E-state index < -0.39 is 9.84 Å². The molecule has 17 heavy (non-hydrogen) atoms. The fourth-order valence-corrected chi connectivity index (χ4v) is 5.78. The van der Waals surface area contributed by atoms with Crippen molar-refractivity contribution in [2.75, 3.05) is 6.26 Å². The average Bonchev–Trinajstić information content (AvgIpc) is 2.65. The van der Waals surface area contributed by atoms with Crippen molar-refractivity contribution < 1.29 is 29.6 Å². The van der Waals surface area contributed by atoms with Crippen LogP contribution in [0.1, 0.15) is 0 Å². The van der Waals surface area contributed by atoms with Crippen LogP contribution in [-0.2, 0) is 9.84 Å². The van der Waals surface area contributed by atoms with Crippen molar-refractivity contribution in [2.45, 2.75) is 4.90 Å². The number of hydrogen-bond acceptors (Lipinski definition) is 2. The highest BCUT2D eigenvalue weighted by Gasteiger charge is 2.33. The molecule has 86 valence electrons. The number of fused-ring (bicyclic) bond motifs is 3. The zero-order valence-electron chi connectivity index (χ0n) is 9.14. The fraction of sp³-hybridized carbons (Fsp3) is 0.0769. The predicted molar refractivity (Wildman–Crippen MR) is 62.4 cm³/mol. The summed E-state index contributed by atoms with van der Waals surface area (Å²) < 4.78 is 25.6. The summed E-state index contributed by atoms with van der Waals surface area (Å²) in [7, 11) is -3.09. The van der Waals surface area contributed by atoms with E-state index >= 15 is 0 Å². The quantitative estimate of drug-likeness (QED) is 0.535. The Morgan fingerprint density at radius 3 is 2.41 bits per heavy atom. The van der Waals surface area contributed by atoms with Crippen LogP contribution in [0.3, 0.4) is 0 Å². The lowest BCUT2D eigenvalue weighted by Gasteiger charge is -1.98. The molecular weight excluding hydrogens is 347 g/mol. The molecule has 1 aliphatic rings. The first-order valence-electron chi connectivity index (χ1n) is 5.14. The third-order valence-corrected chi connectivity index (χ3v) is 6.84. The molecule has 0 unspecified atom stereocenters. The summed E-state index contributed by atoms with van der Waals surface area (Å²) in [6, 6.07) is 13.8. The normalized spacial score (nSPS) is 13.2. The second-order valence-electron chi connectivity index (χ2n) is 3.99. The molecule has 0 saturated heterocycles. The fourth-order valence-electron chi connectivity index (χ4n) is 1.89. The standard InChI is InChI=1S/C13H10IO2S/c1-17(15,16)9-6-7-11-10-4-2-3-5-12(10)14-13(11)8-9/h2-8H,1H3/q+1. The molecule has 2 aromatic carbocycles. The topological polar surface area (TPSA) is 34.1 Å². The highest BCUT2D eigenvalue weighted by atomic mass is 127. The van der Waals surface area contributed by atoms with Gasteiger partial charge in [-0.05, 0) is 24.3 Å². The van der Waals surface area contributed by atoms with Crippen molar-refractivity contribution >= 4 is 9.84 Å². The highest BCUT2D eigenvalue weighted by Crippen LogP contribution is 2.24. The van der Waals surface area contributed by atoms with E-state index in [0.717, 1.165) is 0 Å². The van der Waals surface area contributed by atoms with Gasteiger partial charge in [0, 0.05) is 23.4 Å². The molecule has 0 radical (unpaired) electrons. The first kappa shape index (κ1) is 11.2. The maximum absolute atomic E-state index is 11.5. The minimum Gasteiger partial charge on any atom is -0.224 e. The summed E-state index contributed by atoms with van der Waals surface area (Å²) >= 11 is -0.227. The van der Waals surface area contributed by atoms with Crippen LogP contribution in [0, 0.1) is 7.14 Å². The van der Waals surface area contributed by atoms with E-state index in [-0.39, 0.29) is 21.2 Å². The van der Waals surface area contributed by atoms with E-state index in [2.05, 4.69) is 12.1 Å². The Balaban J connectivity index is 2.20. The van der Waals surface area contributed by atoms with Crippen molar-refractivity contribution in [1.29, 1.82) is 0 Å². The maximum atomic E-state index is 11.5. The summed E-state index contributed by atoms with van der Waals surface area (Å²) in [5.74, 6) is 0. The largest absolute Gasteiger partial charge is 0.359 e. The van der Waals surface area contributed by atoms with E-state index in [1.807, 2.05) is 24.3 Å². The van der Waals surface area contributed by atoms with E-state index in [9.17, 15) is 8.42 Å². The van der Waals surface area contributed by atoms with Crippen LogP contribution >= 0.6 is 0 Å². The lowest BCUT2D eigenvalue weighted by atomic mass is 10.1. The van der Waals surface area contributed by atoms with Crippen molar-refractivity contribution in [3.8, 4) is 11.1 Å². The van der Waals surface area contributed by atoms with Gasteiger partial charge in [-0.2, -0.15) is 0 Å². The van der Waals surface area contributed by atoms with Gasteiger partial charge < -0.3 is 0 Å². The van der Waals surface area contributed by atoms with Crippen LogP contribution in [-0.4, -0.2) is 14.7 Å². The zero-order chi connectivity index (χ0) is 12.0. The molecular formula is C13H10IO2S+. The Labute approximate surface area is 111 Å². The molecule has 0 amide bonds. The lowest BCUT2D eigenvalue weighted by Crippen LogP contribution is -3.61. The van der Waals surface area contributed by atoms with Gasteiger partial charge in [0.15, 0.2) is 9.84 Å². The first-order valence-corrected chi connectivity index (χ1v) is 9.19. The number of benzene rings is 2. The molecule has 0 bridgehead atoms. The van der Waals surface area contributed by atoms with Crippen molar-refractivity contribution in [1.82, 2.24) is 0 Å². The molecule has 0 aliphatic carbocycles. The predicted octanol–water partition coefficient (Wildman–Crippen LogP) is -0.801. The molecule has 3 rings (SSSR count). The van der Waals surface area contributed by atoms with Gasteiger partial charge in [-0.15, -0.1) is 0 Å². The number of sulfone groups is 1. The molecule has 2 nitrogen and oxygen atoms in total. The number of hydrogen-bond donors (Lipinski definition) is 0. The van der Waals surface area contributed by atoms with E-state index in [0.29, 0.717) is 4.90 Å². The Hall–Kier alpha value is -0.880. The third kappa shape index (κ3) is 1.89. The van der Waals surface area contributed by atoms with Crippen LogP contribution < -0.4 is 21.2 Å². The van der Waals surface area contributed by atoms with E-state index in [1.165, 1.54) is 24.5 Å². The second-order valence-corrected chi connectivity index (χ2v) is 8.87. The van der Waals surface area contributed by atoms with Crippen LogP contribution in [0.2, 0.25) is 0 Å². The Bertz CT molecular complexity index is 705. The van der Waals surface area contributed by atoms with Gasteiger partial charge in [0.25, 0.3) is 0 Å². The average molecular weight is 357 g/mol. The monoisotopic (exact) mass is 357 g/mol. The minimum absolute atomic E-state index is 0.227. The molecule has 0 fully saturated rings. The van der Waals surface area contributed by atoms with Crippen LogP contribution in [0.25, 0.3) is 11.1 Å². The molecule has 2 aromatic rings. The van der Waals surface area contributed by atoms with E-state index in [4.69, 9.17) is 0 Å². The van der Waals surface area contributed by atoms with Gasteiger partial charge >= 0.3 is 21.2 Å². The van der Waals surface area contributed by atoms with Gasteiger partial charge in [-0.1, -0.05) is 12.1 Å². The molecule has 0 aromatic heterocycles. The highest BCUT2D eigenvalue weighted by molar-refractivity contribution is 7.90.